The van der Waals surface area contributed by atoms with Crippen LogP contribution >= 0.6 is 0 Å². The van der Waals surface area contributed by atoms with Gasteiger partial charge >= 0.3 is 5.97 Å². The summed E-state index contributed by atoms with van der Waals surface area (Å²) >= 11 is 0. The number of carbonyl (C=O) groups excluding carboxylic acids is 1. The van der Waals surface area contributed by atoms with Crippen LogP contribution in [-0.4, -0.2) is 39.3 Å². The van der Waals surface area contributed by atoms with Gasteiger partial charge in [0.25, 0.3) is 0 Å². The minimum absolute atomic E-state index is 0.327. The Hall–Kier alpha value is -2.28. The lowest BCUT2D eigenvalue weighted by Gasteiger charge is -2.07. The molecule has 0 bridgehead atoms. The molecule has 0 atom stereocenters. The second-order valence-corrected chi connectivity index (χ2v) is 4.94. The molecule has 1 aromatic heterocycles. The molecule has 0 aliphatic rings. The topological polar surface area (TPSA) is 95.9 Å². The summed E-state index contributed by atoms with van der Waals surface area (Å²) < 4.78 is 6.84. The van der Waals surface area contributed by atoms with E-state index in [0.29, 0.717) is 25.1 Å². The number of carbonyl (C=O) groups is 1. The number of ether oxygens (including phenoxy) is 1. The van der Waals surface area contributed by atoms with Crippen LogP contribution in [0.3, 0.4) is 0 Å². The Balaban J connectivity index is 2.14. The third kappa shape index (κ3) is 4.11. The van der Waals surface area contributed by atoms with Gasteiger partial charge in [-0.1, -0.05) is 19.4 Å². The smallest absolute Gasteiger partial charge is 0.338 e. The first kappa shape index (κ1) is 16.1. The van der Waals surface area contributed by atoms with Crippen LogP contribution in [0.25, 0.3) is 5.69 Å². The maximum atomic E-state index is 12.0. The fourth-order valence-corrected chi connectivity index (χ4v) is 1.98. The summed E-state index contributed by atoms with van der Waals surface area (Å²) in [4.78, 5) is 12.0. The van der Waals surface area contributed by atoms with Crippen molar-refractivity contribution in [1.82, 2.24) is 20.2 Å². The van der Waals surface area contributed by atoms with Gasteiger partial charge in [0.05, 0.1) is 17.9 Å². The predicted molar refractivity (Wildman–Crippen MR) is 81.7 cm³/mol. The van der Waals surface area contributed by atoms with Gasteiger partial charge in [-0.25, -0.2) is 4.79 Å². The van der Waals surface area contributed by atoms with Gasteiger partial charge in [-0.2, -0.15) is 4.68 Å². The van der Waals surface area contributed by atoms with Crippen molar-refractivity contribution in [2.24, 2.45) is 5.73 Å². The first-order chi connectivity index (χ1) is 10.8. The average Bonchev–Trinajstić information content (AvgIpc) is 3.01. The second kappa shape index (κ2) is 8.23. The second-order valence-electron chi connectivity index (χ2n) is 4.94. The molecule has 7 heteroatoms. The van der Waals surface area contributed by atoms with Gasteiger partial charge < -0.3 is 10.5 Å². The van der Waals surface area contributed by atoms with E-state index in [0.717, 1.165) is 30.8 Å². The molecule has 2 rings (SSSR count). The number of tetrazole rings is 1. The maximum Gasteiger partial charge on any atom is 0.338 e. The number of unbranched alkanes of at least 4 members (excludes halogenated alkanes) is 1. The summed E-state index contributed by atoms with van der Waals surface area (Å²) in [7, 11) is 0. The highest BCUT2D eigenvalue weighted by Crippen LogP contribution is 2.13. The molecule has 0 saturated heterocycles. The Bertz CT molecular complexity index is 611. The molecule has 0 aliphatic carbocycles. The first-order valence-corrected chi connectivity index (χ1v) is 7.51. The molecule has 7 nitrogen and oxygen atoms in total. The molecular formula is C15H21N5O2. The molecule has 1 aromatic carbocycles. The standard InChI is InChI=1S/C15H21N5O2/c1-2-3-10-22-15(21)12-6-4-7-13(11-12)20-14(8-5-9-16)17-18-19-20/h4,6-7,11H,2-3,5,8-10,16H2,1H3. The monoisotopic (exact) mass is 303 g/mol. The van der Waals surface area contributed by atoms with Gasteiger partial charge in [0.15, 0.2) is 5.82 Å². The van der Waals surface area contributed by atoms with Crippen LogP contribution in [0.4, 0.5) is 0 Å². The first-order valence-electron chi connectivity index (χ1n) is 7.51. The van der Waals surface area contributed by atoms with Gasteiger partial charge in [-0.05, 0) is 48.0 Å². The van der Waals surface area contributed by atoms with E-state index in [-0.39, 0.29) is 5.97 Å². The molecule has 0 fully saturated rings. The number of benzene rings is 1. The van der Waals surface area contributed by atoms with Crippen molar-refractivity contribution >= 4 is 5.97 Å². The van der Waals surface area contributed by atoms with Crippen molar-refractivity contribution in [3.05, 3.63) is 35.7 Å². The highest BCUT2D eigenvalue weighted by Gasteiger charge is 2.12. The molecule has 22 heavy (non-hydrogen) atoms. The molecular weight excluding hydrogens is 282 g/mol. The molecule has 0 spiro atoms. The van der Waals surface area contributed by atoms with Crippen molar-refractivity contribution in [3.8, 4) is 5.69 Å². The van der Waals surface area contributed by atoms with Crippen molar-refractivity contribution < 1.29 is 9.53 Å². The lowest BCUT2D eigenvalue weighted by atomic mass is 10.2. The highest BCUT2D eigenvalue weighted by atomic mass is 16.5. The Morgan fingerprint density at radius 3 is 3.00 bits per heavy atom. The summed E-state index contributed by atoms with van der Waals surface area (Å²) in [6.07, 6.45) is 3.35. The minimum atomic E-state index is -0.327. The van der Waals surface area contributed by atoms with Gasteiger partial charge in [-0.3, -0.25) is 0 Å². The number of nitrogens with zero attached hydrogens (tertiary/aromatic N) is 4. The van der Waals surface area contributed by atoms with E-state index >= 15 is 0 Å². The molecule has 0 amide bonds. The molecule has 2 N–H and O–H groups in total. The van der Waals surface area contributed by atoms with Crippen molar-refractivity contribution in [1.29, 1.82) is 0 Å². The number of hydrogen-bond acceptors (Lipinski definition) is 6. The van der Waals surface area contributed by atoms with Crippen LogP contribution in [0.5, 0.6) is 0 Å². The highest BCUT2D eigenvalue weighted by molar-refractivity contribution is 5.90. The van der Waals surface area contributed by atoms with E-state index in [1.54, 1.807) is 22.9 Å². The lowest BCUT2D eigenvalue weighted by Crippen LogP contribution is -2.09. The maximum absolute atomic E-state index is 12.0. The molecule has 2 aromatic rings. The zero-order valence-corrected chi connectivity index (χ0v) is 12.7. The zero-order chi connectivity index (χ0) is 15.8. The quantitative estimate of drug-likeness (QED) is 0.586. The van der Waals surface area contributed by atoms with Crippen LogP contribution < -0.4 is 5.73 Å². The number of nitrogens with two attached hydrogens (primary N) is 1. The number of hydrogen-bond donors (Lipinski definition) is 1. The summed E-state index contributed by atoms with van der Waals surface area (Å²) in [5.74, 6) is 0.397. The van der Waals surface area contributed by atoms with Crippen molar-refractivity contribution in [2.45, 2.75) is 32.6 Å². The number of aromatic nitrogens is 4. The Labute approximate surface area is 129 Å². The van der Waals surface area contributed by atoms with E-state index < -0.39 is 0 Å². The molecule has 118 valence electrons. The number of aryl methyl sites for hydroxylation is 1. The van der Waals surface area contributed by atoms with Gasteiger partial charge in [-0.15, -0.1) is 5.10 Å². The number of rotatable bonds is 8. The summed E-state index contributed by atoms with van der Waals surface area (Å²) in [5, 5.41) is 11.7. The van der Waals surface area contributed by atoms with Crippen LogP contribution in [0, 0.1) is 0 Å². The van der Waals surface area contributed by atoms with E-state index in [1.807, 2.05) is 6.07 Å². The molecule has 0 aliphatic heterocycles. The van der Waals surface area contributed by atoms with E-state index in [9.17, 15) is 4.79 Å². The van der Waals surface area contributed by atoms with Crippen molar-refractivity contribution in [2.75, 3.05) is 13.2 Å². The fourth-order valence-electron chi connectivity index (χ4n) is 1.98. The van der Waals surface area contributed by atoms with Gasteiger partial charge in [0, 0.05) is 6.42 Å². The third-order valence-corrected chi connectivity index (χ3v) is 3.20. The van der Waals surface area contributed by atoms with Crippen LogP contribution in [-0.2, 0) is 11.2 Å². The molecule has 0 radical (unpaired) electrons. The van der Waals surface area contributed by atoms with E-state index in [1.165, 1.54) is 0 Å². The lowest BCUT2D eigenvalue weighted by molar-refractivity contribution is 0.0499. The number of esters is 1. The van der Waals surface area contributed by atoms with Crippen LogP contribution in [0.15, 0.2) is 24.3 Å². The zero-order valence-electron chi connectivity index (χ0n) is 12.7. The molecule has 0 unspecified atom stereocenters. The van der Waals surface area contributed by atoms with E-state index in [4.69, 9.17) is 10.5 Å². The average molecular weight is 303 g/mol. The van der Waals surface area contributed by atoms with E-state index in [2.05, 4.69) is 22.4 Å². The summed E-state index contributed by atoms with van der Waals surface area (Å²) in [6, 6.07) is 7.10. The normalized spacial score (nSPS) is 10.6. The molecule has 1 heterocycles. The summed E-state index contributed by atoms with van der Waals surface area (Å²) in [5.41, 5.74) is 6.75. The van der Waals surface area contributed by atoms with Gasteiger partial charge in [0.1, 0.15) is 0 Å². The Kier molecular flexibility index (Phi) is 6.02. The van der Waals surface area contributed by atoms with Crippen molar-refractivity contribution in [3.63, 3.8) is 0 Å². The SMILES string of the molecule is CCCCOC(=O)c1cccc(-n2nnnc2CCCN)c1. The largest absolute Gasteiger partial charge is 0.462 e. The Morgan fingerprint density at radius 1 is 1.36 bits per heavy atom. The van der Waals surface area contributed by atoms with Crippen LogP contribution in [0.1, 0.15) is 42.4 Å². The molecule has 0 saturated carbocycles. The summed E-state index contributed by atoms with van der Waals surface area (Å²) in [6.45, 7) is 3.07. The predicted octanol–water partition coefficient (Wildman–Crippen LogP) is 1.51. The minimum Gasteiger partial charge on any atom is -0.462 e. The Morgan fingerprint density at radius 2 is 2.23 bits per heavy atom. The van der Waals surface area contributed by atoms with Gasteiger partial charge in [0.2, 0.25) is 0 Å². The third-order valence-electron chi connectivity index (χ3n) is 3.20. The fraction of sp³-hybridized carbons (Fsp3) is 0.467. The van der Waals surface area contributed by atoms with Crippen LogP contribution in [0.2, 0.25) is 0 Å².